The number of imidazole rings is 2. The number of hydrogen-bond acceptors (Lipinski definition) is 3. The number of carbonyl (C=O) groups is 1. The number of H-pyrrole nitrogens is 1. The van der Waals surface area contributed by atoms with Crippen molar-refractivity contribution in [1.82, 2.24) is 24.4 Å². The molecule has 0 bridgehead atoms. The predicted molar refractivity (Wildman–Crippen MR) is 125 cm³/mol. The van der Waals surface area contributed by atoms with Gasteiger partial charge in [0, 0.05) is 7.05 Å². The number of benzene rings is 3. The summed E-state index contributed by atoms with van der Waals surface area (Å²) in [7, 11) is 1.64. The van der Waals surface area contributed by atoms with Crippen LogP contribution in [-0.4, -0.2) is 25.0 Å². The van der Waals surface area contributed by atoms with Crippen molar-refractivity contribution in [2.45, 2.75) is 18.8 Å². The zero-order chi connectivity index (χ0) is 24.7. The van der Waals surface area contributed by atoms with E-state index >= 15 is 0 Å². The molecular weight excluding hydrogens is 459 g/mol. The van der Waals surface area contributed by atoms with Crippen molar-refractivity contribution >= 4 is 28.0 Å². The van der Waals surface area contributed by atoms with Crippen molar-refractivity contribution in [3.8, 4) is 0 Å². The molecule has 0 fully saturated rings. The van der Waals surface area contributed by atoms with Gasteiger partial charge in [0.25, 0.3) is 0 Å². The number of nitrogens with zero attached hydrogens (tertiary/aromatic N) is 3. The number of halogens is 3. The molecule has 5 aromatic rings. The van der Waals surface area contributed by atoms with Gasteiger partial charge in [-0.3, -0.25) is 13.9 Å². The smallest absolute Gasteiger partial charge is 0.344 e. The summed E-state index contributed by atoms with van der Waals surface area (Å²) in [4.78, 5) is 31.8. The third kappa shape index (κ3) is 4.18. The number of amides is 1. The number of alkyl halides is 3. The van der Waals surface area contributed by atoms with Gasteiger partial charge in [-0.25, -0.2) is 9.78 Å². The standard InChI is InChI=1S/C25H20F3N5O2/c1-32-19-9-5-6-10-20(19)33(24(32)35)14-21(34)31-22(15-7-3-2-4-8-15)16-11-12-17-18(13-16)30-23(29-17)25(26,27)28/h2-13,22H,14H2,1H3,(H,29,30)(H,31,34)/t22-/m1/s1. The second kappa shape index (κ2) is 8.46. The Morgan fingerprint density at radius 2 is 1.69 bits per heavy atom. The van der Waals surface area contributed by atoms with Gasteiger partial charge in [0.05, 0.1) is 28.1 Å². The summed E-state index contributed by atoms with van der Waals surface area (Å²) in [6.07, 6.45) is -4.60. The lowest BCUT2D eigenvalue weighted by atomic mass is 9.98. The molecule has 2 N–H and O–H groups in total. The number of aromatic amines is 1. The molecule has 0 unspecified atom stereocenters. The number of rotatable bonds is 5. The fourth-order valence-corrected chi connectivity index (χ4v) is 4.21. The van der Waals surface area contributed by atoms with Gasteiger partial charge in [0.1, 0.15) is 6.54 Å². The van der Waals surface area contributed by atoms with Crippen LogP contribution in [0, 0.1) is 0 Å². The molecular formula is C25H20F3N5O2. The van der Waals surface area contributed by atoms with Gasteiger partial charge in [-0.15, -0.1) is 0 Å². The molecule has 0 saturated carbocycles. The minimum atomic E-state index is -4.60. The first-order valence-corrected chi connectivity index (χ1v) is 10.8. The lowest BCUT2D eigenvalue weighted by molar-refractivity contribution is -0.144. The van der Waals surface area contributed by atoms with E-state index < -0.39 is 23.9 Å². The molecule has 0 saturated heterocycles. The Morgan fingerprint density at radius 1 is 1.00 bits per heavy atom. The van der Waals surface area contributed by atoms with Gasteiger partial charge in [-0.1, -0.05) is 48.5 Å². The van der Waals surface area contributed by atoms with Crippen LogP contribution in [0.1, 0.15) is 23.0 Å². The minimum absolute atomic E-state index is 0.168. The molecule has 0 aliphatic rings. The molecule has 0 radical (unpaired) electrons. The first-order chi connectivity index (χ1) is 16.7. The van der Waals surface area contributed by atoms with Crippen LogP contribution < -0.4 is 11.0 Å². The molecule has 10 heteroatoms. The molecule has 178 valence electrons. The highest BCUT2D eigenvalue weighted by Gasteiger charge is 2.34. The summed E-state index contributed by atoms with van der Waals surface area (Å²) in [5, 5.41) is 2.94. The van der Waals surface area contributed by atoms with Gasteiger partial charge in [-0.2, -0.15) is 13.2 Å². The lowest BCUT2D eigenvalue weighted by Gasteiger charge is -2.20. The molecule has 0 spiro atoms. The molecule has 2 heterocycles. The topological polar surface area (TPSA) is 84.7 Å². The number of fused-ring (bicyclic) bond motifs is 2. The SMILES string of the molecule is Cn1c(=O)n(CC(=O)N[C@H](c2ccccc2)c2ccc3nc(C(F)(F)F)[nH]c3c2)c2ccccc21. The number of aryl methyl sites for hydroxylation is 1. The molecule has 35 heavy (non-hydrogen) atoms. The van der Waals surface area contributed by atoms with Crippen molar-refractivity contribution in [2.75, 3.05) is 0 Å². The average molecular weight is 479 g/mol. The molecule has 0 aliphatic heterocycles. The highest BCUT2D eigenvalue weighted by atomic mass is 19.4. The quantitative estimate of drug-likeness (QED) is 0.397. The van der Waals surface area contributed by atoms with E-state index in [2.05, 4.69) is 15.3 Å². The predicted octanol–water partition coefficient (Wildman–Crippen LogP) is 4.14. The summed E-state index contributed by atoms with van der Waals surface area (Å²) >= 11 is 0. The lowest BCUT2D eigenvalue weighted by Crippen LogP contribution is -2.35. The van der Waals surface area contributed by atoms with Crippen molar-refractivity contribution in [3.05, 3.63) is 100 Å². The van der Waals surface area contributed by atoms with E-state index in [4.69, 9.17) is 0 Å². The average Bonchev–Trinajstić information content (AvgIpc) is 3.38. The normalized spacial score (nSPS) is 12.8. The van der Waals surface area contributed by atoms with E-state index in [-0.39, 0.29) is 23.3 Å². The van der Waals surface area contributed by atoms with Crippen LogP contribution in [0.25, 0.3) is 22.1 Å². The number of carbonyl (C=O) groups excluding carboxylic acids is 1. The van der Waals surface area contributed by atoms with Crippen molar-refractivity contribution in [2.24, 2.45) is 7.05 Å². The summed E-state index contributed by atoms with van der Waals surface area (Å²) in [5.41, 5.74) is 2.69. The Hall–Kier alpha value is -4.34. The van der Waals surface area contributed by atoms with Crippen LogP contribution in [0.3, 0.4) is 0 Å². The fourth-order valence-electron chi connectivity index (χ4n) is 4.21. The Morgan fingerprint density at radius 3 is 2.40 bits per heavy atom. The number of nitrogens with one attached hydrogen (secondary N) is 2. The second-order valence-corrected chi connectivity index (χ2v) is 8.19. The van der Waals surface area contributed by atoms with E-state index in [9.17, 15) is 22.8 Å². The summed E-state index contributed by atoms with van der Waals surface area (Å²) in [6.45, 7) is -0.214. The zero-order valence-corrected chi connectivity index (χ0v) is 18.5. The van der Waals surface area contributed by atoms with Gasteiger partial charge >= 0.3 is 11.9 Å². The molecule has 1 amide bonds. The Balaban J connectivity index is 1.50. The summed E-state index contributed by atoms with van der Waals surface area (Å²) in [6, 6.07) is 20.2. The first-order valence-electron chi connectivity index (χ1n) is 10.8. The maximum atomic E-state index is 13.1. The van der Waals surface area contributed by atoms with Crippen molar-refractivity contribution < 1.29 is 18.0 Å². The van der Waals surface area contributed by atoms with Crippen molar-refractivity contribution in [1.29, 1.82) is 0 Å². The Bertz CT molecular complexity index is 1600. The number of aromatic nitrogens is 4. The van der Waals surface area contributed by atoms with E-state index in [0.717, 1.165) is 5.56 Å². The van der Waals surface area contributed by atoms with Gasteiger partial charge in [0.15, 0.2) is 0 Å². The molecule has 7 nitrogen and oxygen atoms in total. The van der Waals surface area contributed by atoms with Crippen LogP contribution >= 0.6 is 0 Å². The van der Waals surface area contributed by atoms with E-state index in [1.165, 1.54) is 15.2 Å². The second-order valence-electron chi connectivity index (χ2n) is 8.19. The summed E-state index contributed by atoms with van der Waals surface area (Å²) < 4.78 is 42.1. The largest absolute Gasteiger partial charge is 0.449 e. The molecule has 2 aromatic heterocycles. The maximum Gasteiger partial charge on any atom is 0.449 e. The molecule has 3 aromatic carbocycles. The van der Waals surface area contributed by atoms with Crippen molar-refractivity contribution in [3.63, 3.8) is 0 Å². The van der Waals surface area contributed by atoms with Gasteiger partial charge in [-0.05, 0) is 35.4 Å². The van der Waals surface area contributed by atoms with Crippen LogP contribution in [0.5, 0.6) is 0 Å². The molecule has 0 aliphatic carbocycles. The number of para-hydroxylation sites is 2. The third-order valence-electron chi connectivity index (χ3n) is 5.90. The maximum absolute atomic E-state index is 13.1. The van der Waals surface area contributed by atoms with Crippen LogP contribution in [0.15, 0.2) is 77.6 Å². The van der Waals surface area contributed by atoms with E-state index in [0.29, 0.717) is 16.6 Å². The van der Waals surface area contributed by atoms with Gasteiger partial charge < -0.3 is 10.3 Å². The third-order valence-corrected chi connectivity index (χ3v) is 5.90. The van der Waals surface area contributed by atoms with Crippen LogP contribution in [0.4, 0.5) is 13.2 Å². The zero-order valence-electron chi connectivity index (χ0n) is 18.5. The molecule has 1 atom stereocenters. The monoisotopic (exact) mass is 479 g/mol. The highest BCUT2D eigenvalue weighted by Crippen LogP contribution is 2.30. The Labute approximate surface area is 196 Å². The van der Waals surface area contributed by atoms with Crippen LogP contribution in [0.2, 0.25) is 0 Å². The molecule has 5 rings (SSSR count). The fraction of sp³-hybridized carbons (Fsp3) is 0.160. The van der Waals surface area contributed by atoms with E-state index in [1.807, 2.05) is 24.3 Å². The highest BCUT2D eigenvalue weighted by molar-refractivity contribution is 5.82. The van der Waals surface area contributed by atoms with E-state index in [1.54, 1.807) is 49.5 Å². The number of hydrogen-bond donors (Lipinski definition) is 2. The van der Waals surface area contributed by atoms with Crippen LogP contribution in [-0.2, 0) is 24.6 Å². The first kappa shape index (κ1) is 22.5. The minimum Gasteiger partial charge on any atom is -0.344 e. The van der Waals surface area contributed by atoms with Gasteiger partial charge in [0.2, 0.25) is 11.7 Å². The Kier molecular flexibility index (Phi) is 5.43. The summed E-state index contributed by atoms with van der Waals surface area (Å²) in [5.74, 6) is -1.50.